The van der Waals surface area contributed by atoms with Crippen LogP contribution < -0.4 is 15.4 Å². The Bertz CT molecular complexity index is 394. The van der Waals surface area contributed by atoms with Crippen LogP contribution in [0.4, 0.5) is 5.69 Å². The highest BCUT2D eigenvalue weighted by Crippen LogP contribution is 2.15. The largest absolute Gasteiger partial charge is 0.494 e. The van der Waals surface area contributed by atoms with E-state index in [0.29, 0.717) is 13.2 Å². The van der Waals surface area contributed by atoms with Gasteiger partial charge in [-0.3, -0.25) is 4.79 Å². The minimum atomic E-state index is -0.0603. The van der Waals surface area contributed by atoms with Crippen LogP contribution in [0.3, 0.4) is 0 Å². The SMILES string of the molecule is CCCOc1ccc(NC(=O)CNC(C)(C)C)cc1. The third kappa shape index (κ3) is 6.82. The fourth-order valence-electron chi connectivity index (χ4n) is 1.41. The van der Waals surface area contributed by atoms with Crippen molar-refractivity contribution in [3.8, 4) is 5.75 Å². The normalized spacial score (nSPS) is 11.2. The van der Waals surface area contributed by atoms with E-state index in [9.17, 15) is 4.79 Å². The molecule has 1 rings (SSSR count). The minimum absolute atomic E-state index is 0.0443. The van der Waals surface area contributed by atoms with Crippen molar-refractivity contribution >= 4 is 11.6 Å². The molecule has 4 heteroatoms. The van der Waals surface area contributed by atoms with E-state index in [-0.39, 0.29) is 11.4 Å². The maximum atomic E-state index is 11.7. The summed E-state index contributed by atoms with van der Waals surface area (Å²) in [7, 11) is 0. The summed E-state index contributed by atoms with van der Waals surface area (Å²) in [5.74, 6) is 0.782. The van der Waals surface area contributed by atoms with Gasteiger partial charge in [0.2, 0.25) is 5.91 Å². The highest BCUT2D eigenvalue weighted by atomic mass is 16.5. The van der Waals surface area contributed by atoms with Crippen molar-refractivity contribution in [2.45, 2.75) is 39.7 Å². The van der Waals surface area contributed by atoms with Crippen molar-refractivity contribution in [3.63, 3.8) is 0 Å². The second-order valence-electron chi connectivity index (χ2n) is 5.52. The molecular formula is C15H24N2O2. The van der Waals surface area contributed by atoms with E-state index >= 15 is 0 Å². The minimum Gasteiger partial charge on any atom is -0.494 e. The Morgan fingerprint density at radius 2 is 1.84 bits per heavy atom. The summed E-state index contributed by atoms with van der Waals surface area (Å²) in [6.45, 7) is 9.16. The zero-order valence-corrected chi connectivity index (χ0v) is 12.2. The molecule has 1 aromatic carbocycles. The molecule has 0 bridgehead atoms. The molecule has 4 nitrogen and oxygen atoms in total. The number of anilines is 1. The standard InChI is InChI=1S/C15H24N2O2/c1-5-10-19-13-8-6-12(7-9-13)17-14(18)11-16-15(2,3)4/h6-9,16H,5,10-11H2,1-4H3,(H,17,18). The van der Waals surface area contributed by atoms with Gasteiger partial charge in [0.1, 0.15) is 5.75 Å². The first-order valence-corrected chi connectivity index (χ1v) is 6.68. The van der Waals surface area contributed by atoms with Crippen LogP contribution in [0.1, 0.15) is 34.1 Å². The van der Waals surface area contributed by atoms with Crippen molar-refractivity contribution in [1.29, 1.82) is 0 Å². The summed E-state index contributed by atoms with van der Waals surface area (Å²) in [4.78, 5) is 11.7. The van der Waals surface area contributed by atoms with Gasteiger partial charge in [0.05, 0.1) is 13.2 Å². The molecule has 0 saturated heterocycles. The number of amides is 1. The molecule has 1 aromatic rings. The zero-order valence-electron chi connectivity index (χ0n) is 12.2. The monoisotopic (exact) mass is 264 g/mol. The second-order valence-corrected chi connectivity index (χ2v) is 5.52. The lowest BCUT2D eigenvalue weighted by atomic mass is 10.1. The Labute approximate surface area is 115 Å². The summed E-state index contributed by atoms with van der Waals surface area (Å²) < 4.78 is 5.48. The molecular weight excluding hydrogens is 240 g/mol. The van der Waals surface area contributed by atoms with Gasteiger partial charge >= 0.3 is 0 Å². The van der Waals surface area contributed by atoms with Crippen LogP contribution in [0.25, 0.3) is 0 Å². The first kappa shape index (κ1) is 15.5. The number of rotatable bonds is 6. The summed E-state index contributed by atoms with van der Waals surface area (Å²) in [5.41, 5.74) is 0.722. The van der Waals surface area contributed by atoms with Crippen LogP contribution in [0, 0.1) is 0 Å². The molecule has 0 unspecified atom stereocenters. The molecule has 0 aromatic heterocycles. The van der Waals surface area contributed by atoms with Gasteiger partial charge < -0.3 is 15.4 Å². The van der Waals surface area contributed by atoms with Gasteiger partial charge in [0, 0.05) is 11.2 Å². The van der Waals surface area contributed by atoms with Crippen LogP contribution in [0.2, 0.25) is 0 Å². The van der Waals surface area contributed by atoms with E-state index in [2.05, 4.69) is 17.6 Å². The fraction of sp³-hybridized carbons (Fsp3) is 0.533. The molecule has 0 aliphatic rings. The number of hydrogen-bond donors (Lipinski definition) is 2. The van der Waals surface area contributed by atoms with Crippen LogP contribution in [-0.2, 0) is 4.79 Å². The molecule has 0 spiro atoms. The van der Waals surface area contributed by atoms with Crippen molar-refractivity contribution in [2.24, 2.45) is 0 Å². The van der Waals surface area contributed by atoms with Crippen LogP contribution in [0.15, 0.2) is 24.3 Å². The smallest absolute Gasteiger partial charge is 0.238 e. The fourth-order valence-corrected chi connectivity index (χ4v) is 1.41. The number of benzene rings is 1. The molecule has 0 aliphatic heterocycles. The molecule has 0 heterocycles. The Hall–Kier alpha value is -1.55. The van der Waals surface area contributed by atoms with Gasteiger partial charge in [0.25, 0.3) is 0 Å². The summed E-state index contributed by atoms with van der Waals surface area (Å²) in [5, 5.41) is 5.99. The predicted octanol–water partition coefficient (Wildman–Crippen LogP) is 2.80. The van der Waals surface area contributed by atoms with Gasteiger partial charge in [-0.25, -0.2) is 0 Å². The first-order valence-electron chi connectivity index (χ1n) is 6.68. The number of ether oxygens (including phenoxy) is 1. The molecule has 106 valence electrons. The molecule has 0 radical (unpaired) electrons. The highest BCUT2D eigenvalue weighted by Gasteiger charge is 2.11. The van der Waals surface area contributed by atoms with E-state index < -0.39 is 0 Å². The lowest BCUT2D eigenvalue weighted by Gasteiger charge is -2.20. The maximum Gasteiger partial charge on any atom is 0.238 e. The number of carbonyl (C=O) groups excluding carboxylic acids is 1. The summed E-state index contributed by atoms with van der Waals surface area (Å²) >= 11 is 0. The second kappa shape index (κ2) is 7.14. The van der Waals surface area contributed by atoms with Gasteiger partial charge in [0.15, 0.2) is 0 Å². The van der Waals surface area contributed by atoms with Crippen molar-refractivity contribution in [1.82, 2.24) is 5.32 Å². The summed E-state index contributed by atoms with van der Waals surface area (Å²) in [6.07, 6.45) is 0.983. The zero-order chi connectivity index (χ0) is 14.3. The van der Waals surface area contributed by atoms with Gasteiger partial charge in [-0.2, -0.15) is 0 Å². The quantitative estimate of drug-likeness (QED) is 0.830. The number of nitrogens with one attached hydrogen (secondary N) is 2. The highest BCUT2D eigenvalue weighted by molar-refractivity contribution is 5.92. The van der Waals surface area contributed by atoms with Crippen LogP contribution >= 0.6 is 0 Å². The maximum absolute atomic E-state index is 11.7. The lowest BCUT2D eigenvalue weighted by molar-refractivity contribution is -0.115. The van der Waals surface area contributed by atoms with Gasteiger partial charge in [-0.15, -0.1) is 0 Å². The Kier molecular flexibility index (Phi) is 5.83. The third-order valence-electron chi connectivity index (χ3n) is 2.39. The molecule has 0 saturated carbocycles. The predicted molar refractivity (Wildman–Crippen MR) is 78.6 cm³/mol. The molecule has 1 amide bonds. The van der Waals surface area contributed by atoms with Crippen LogP contribution in [-0.4, -0.2) is 24.6 Å². The Morgan fingerprint density at radius 3 is 2.37 bits per heavy atom. The van der Waals surface area contributed by atoms with Crippen molar-refractivity contribution in [3.05, 3.63) is 24.3 Å². The van der Waals surface area contributed by atoms with Crippen molar-refractivity contribution < 1.29 is 9.53 Å². The molecule has 0 aliphatic carbocycles. The topological polar surface area (TPSA) is 50.4 Å². The van der Waals surface area contributed by atoms with Crippen molar-refractivity contribution in [2.75, 3.05) is 18.5 Å². The number of carbonyl (C=O) groups is 1. The third-order valence-corrected chi connectivity index (χ3v) is 2.39. The molecule has 0 fully saturated rings. The lowest BCUT2D eigenvalue weighted by Crippen LogP contribution is -2.41. The van der Waals surface area contributed by atoms with E-state index in [0.717, 1.165) is 17.9 Å². The number of hydrogen-bond acceptors (Lipinski definition) is 3. The first-order chi connectivity index (χ1) is 8.90. The van der Waals surface area contributed by atoms with Gasteiger partial charge in [-0.1, -0.05) is 6.92 Å². The average molecular weight is 264 g/mol. The van der Waals surface area contributed by atoms with E-state index in [1.165, 1.54) is 0 Å². The molecule has 19 heavy (non-hydrogen) atoms. The van der Waals surface area contributed by atoms with Crippen LogP contribution in [0.5, 0.6) is 5.75 Å². The average Bonchev–Trinajstić information content (AvgIpc) is 2.35. The van der Waals surface area contributed by atoms with E-state index in [4.69, 9.17) is 4.74 Å². The molecule has 2 N–H and O–H groups in total. The molecule has 0 atom stereocenters. The Morgan fingerprint density at radius 1 is 1.21 bits per heavy atom. The van der Waals surface area contributed by atoms with Gasteiger partial charge in [-0.05, 0) is 51.5 Å². The van der Waals surface area contributed by atoms with E-state index in [1.54, 1.807) is 0 Å². The van der Waals surface area contributed by atoms with E-state index in [1.807, 2.05) is 45.0 Å². The summed E-state index contributed by atoms with van der Waals surface area (Å²) in [6, 6.07) is 7.42. The Balaban J connectivity index is 2.42.